The van der Waals surface area contributed by atoms with Gasteiger partial charge in [-0.15, -0.1) is 0 Å². The zero-order valence-electron chi connectivity index (χ0n) is 14.4. The van der Waals surface area contributed by atoms with Crippen LogP contribution in [0.25, 0.3) is 11.1 Å². The number of para-hydroxylation sites is 2. The highest BCUT2D eigenvalue weighted by Crippen LogP contribution is 2.21. The van der Waals surface area contributed by atoms with Crippen LogP contribution in [0.3, 0.4) is 0 Å². The van der Waals surface area contributed by atoms with Gasteiger partial charge in [-0.05, 0) is 30.0 Å². The number of fused-ring (bicyclic) bond motifs is 1. The number of carbonyl (C=O) groups excluding carboxylic acids is 1. The first kappa shape index (κ1) is 17.0. The summed E-state index contributed by atoms with van der Waals surface area (Å²) in [6.07, 6.45) is 0.830. The number of carbonyl (C=O) groups is 1. The quantitative estimate of drug-likeness (QED) is 0.748. The summed E-state index contributed by atoms with van der Waals surface area (Å²) >= 11 is 0. The van der Waals surface area contributed by atoms with Crippen LogP contribution in [-0.2, 0) is 11.3 Å². The highest BCUT2D eigenvalue weighted by atomic mass is 16.4. The predicted molar refractivity (Wildman–Crippen MR) is 97.3 cm³/mol. The van der Waals surface area contributed by atoms with Crippen molar-refractivity contribution in [1.29, 1.82) is 0 Å². The molecule has 0 fully saturated rings. The molecule has 0 saturated heterocycles. The molecular weight excluding hydrogens is 316 g/mol. The number of aromatic nitrogens is 1. The molecule has 2 aromatic carbocycles. The van der Waals surface area contributed by atoms with Crippen molar-refractivity contribution in [3.05, 3.63) is 70.7 Å². The summed E-state index contributed by atoms with van der Waals surface area (Å²) in [5.74, 6) is -0.289. The van der Waals surface area contributed by atoms with Gasteiger partial charge in [0.1, 0.15) is 6.54 Å². The third-order valence-electron chi connectivity index (χ3n) is 4.12. The minimum absolute atomic E-state index is 0.0583. The maximum Gasteiger partial charge on any atom is 0.420 e. The fraction of sp³-hybridized carbons (Fsp3) is 0.300. The molecular formula is C20H22N2O3. The van der Waals surface area contributed by atoms with E-state index in [-0.39, 0.29) is 18.5 Å². The van der Waals surface area contributed by atoms with E-state index in [4.69, 9.17) is 4.42 Å². The van der Waals surface area contributed by atoms with Gasteiger partial charge in [0.05, 0.1) is 11.6 Å². The minimum atomic E-state index is -0.517. The van der Waals surface area contributed by atoms with Crippen LogP contribution in [-0.4, -0.2) is 10.5 Å². The van der Waals surface area contributed by atoms with Crippen molar-refractivity contribution in [2.75, 3.05) is 0 Å². The Labute approximate surface area is 146 Å². The van der Waals surface area contributed by atoms with Gasteiger partial charge in [-0.2, -0.15) is 0 Å². The van der Waals surface area contributed by atoms with Gasteiger partial charge in [-0.3, -0.25) is 9.36 Å². The lowest BCUT2D eigenvalue weighted by Gasteiger charge is -2.21. The topological polar surface area (TPSA) is 64.2 Å². The molecule has 1 amide bonds. The highest BCUT2D eigenvalue weighted by molar-refractivity contribution is 5.79. The fourth-order valence-corrected chi connectivity index (χ4v) is 2.98. The van der Waals surface area contributed by atoms with E-state index in [0.717, 1.165) is 12.0 Å². The molecule has 3 aromatic rings. The van der Waals surface area contributed by atoms with E-state index in [1.54, 1.807) is 18.2 Å². The third kappa shape index (κ3) is 3.99. The Kier molecular flexibility index (Phi) is 5.03. The van der Waals surface area contributed by atoms with E-state index in [1.807, 2.05) is 36.4 Å². The third-order valence-corrected chi connectivity index (χ3v) is 4.12. The molecule has 5 heteroatoms. The second kappa shape index (κ2) is 7.38. The minimum Gasteiger partial charge on any atom is -0.408 e. The molecule has 0 bridgehead atoms. The summed E-state index contributed by atoms with van der Waals surface area (Å²) in [5, 5.41) is 3.05. The van der Waals surface area contributed by atoms with Crippen LogP contribution in [0, 0.1) is 5.92 Å². The van der Waals surface area contributed by atoms with Crippen molar-refractivity contribution in [2.45, 2.75) is 32.9 Å². The van der Waals surface area contributed by atoms with Gasteiger partial charge in [-0.25, -0.2) is 4.79 Å². The number of amides is 1. The molecule has 5 nitrogen and oxygen atoms in total. The van der Waals surface area contributed by atoms with Gasteiger partial charge in [0, 0.05) is 0 Å². The molecule has 0 aliphatic heterocycles. The molecule has 3 rings (SSSR count). The Morgan fingerprint density at radius 2 is 1.76 bits per heavy atom. The lowest BCUT2D eigenvalue weighted by atomic mass is 9.97. The summed E-state index contributed by atoms with van der Waals surface area (Å²) in [7, 11) is 0. The second-order valence-corrected chi connectivity index (χ2v) is 6.58. The van der Waals surface area contributed by atoms with Gasteiger partial charge in [-0.1, -0.05) is 56.3 Å². The lowest BCUT2D eigenvalue weighted by molar-refractivity contribution is -0.122. The molecule has 1 aromatic heterocycles. The molecule has 1 N–H and O–H groups in total. The first-order valence-corrected chi connectivity index (χ1v) is 8.47. The van der Waals surface area contributed by atoms with Crippen LogP contribution in [0.4, 0.5) is 0 Å². The Balaban J connectivity index is 1.79. The smallest absolute Gasteiger partial charge is 0.408 e. The van der Waals surface area contributed by atoms with Crippen LogP contribution in [0.2, 0.25) is 0 Å². The van der Waals surface area contributed by atoms with E-state index in [2.05, 4.69) is 19.2 Å². The SMILES string of the molecule is CC(C)C[C@H](NC(=O)Cn1c(=O)oc2ccccc21)c1ccccc1. The van der Waals surface area contributed by atoms with Crippen molar-refractivity contribution in [3.63, 3.8) is 0 Å². The molecule has 0 spiro atoms. The predicted octanol–water partition coefficient (Wildman–Crippen LogP) is 3.50. The van der Waals surface area contributed by atoms with Crippen molar-refractivity contribution >= 4 is 17.0 Å². The number of rotatable bonds is 6. The van der Waals surface area contributed by atoms with Gasteiger partial charge < -0.3 is 9.73 Å². The van der Waals surface area contributed by atoms with E-state index in [9.17, 15) is 9.59 Å². The fourth-order valence-electron chi connectivity index (χ4n) is 2.98. The maximum atomic E-state index is 12.6. The van der Waals surface area contributed by atoms with E-state index in [0.29, 0.717) is 17.0 Å². The molecule has 0 aliphatic rings. The van der Waals surface area contributed by atoms with E-state index < -0.39 is 5.76 Å². The highest BCUT2D eigenvalue weighted by Gasteiger charge is 2.18. The number of hydrogen-bond donors (Lipinski definition) is 1. The van der Waals surface area contributed by atoms with Crippen molar-refractivity contribution in [3.8, 4) is 0 Å². The van der Waals surface area contributed by atoms with E-state index >= 15 is 0 Å². The van der Waals surface area contributed by atoms with Crippen molar-refractivity contribution in [1.82, 2.24) is 9.88 Å². The first-order valence-electron chi connectivity index (χ1n) is 8.47. The average Bonchev–Trinajstić information content (AvgIpc) is 2.90. The standard InChI is InChI=1S/C20H22N2O3/c1-14(2)12-16(15-8-4-3-5-9-15)21-19(23)13-22-17-10-6-7-11-18(17)25-20(22)24/h3-11,14,16H,12-13H2,1-2H3,(H,21,23)/t16-/m0/s1. The molecule has 0 radical (unpaired) electrons. The molecule has 1 atom stereocenters. The maximum absolute atomic E-state index is 12.6. The number of nitrogens with zero attached hydrogens (tertiary/aromatic N) is 1. The van der Waals surface area contributed by atoms with Crippen LogP contribution < -0.4 is 11.1 Å². The summed E-state index contributed by atoms with van der Waals surface area (Å²) in [6.45, 7) is 4.18. The number of benzene rings is 2. The summed E-state index contributed by atoms with van der Waals surface area (Å²) in [5.41, 5.74) is 2.18. The Morgan fingerprint density at radius 1 is 1.08 bits per heavy atom. The Bertz CT molecular complexity index is 909. The largest absolute Gasteiger partial charge is 0.420 e. The molecule has 0 saturated carbocycles. The van der Waals surface area contributed by atoms with Crippen molar-refractivity contribution < 1.29 is 9.21 Å². The van der Waals surface area contributed by atoms with Gasteiger partial charge >= 0.3 is 5.76 Å². The number of hydrogen-bond acceptors (Lipinski definition) is 3. The molecule has 130 valence electrons. The Morgan fingerprint density at radius 3 is 2.48 bits per heavy atom. The van der Waals surface area contributed by atoms with Crippen molar-refractivity contribution in [2.24, 2.45) is 5.92 Å². The molecule has 25 heavy (non-hydrogen) atoms. The molecule has 1 heterocycles. The van der Waals surface area contributed by atoms with Gasteiger partial charge in [0.15, 0.2) is 5.58 Å². The first-order chi connectivity index (χ1) is 12.0. The zero-order chi connectivity index (χ0) is 17.8. The number of nitrogens with one attached hydrogen (secondary N) is 1. The van der Waals surface area contributed by atoms with Gasteiger partial charge in [0.25, 0.3) is 0 Å². The van der Waals surface area contributed by atoms with Crippen LogP contribution in [0.5, 0.6) is 0 Å². The van der Waals surface area contributed by atoms with Gasteiger partial charge in [0.2, 0.25) is 5.91 Å². The summed E-state index contributed by atoms with van der Waals surface area (Å²) in [6, 6.07) is 16.9. The van der Waals surface area contributed by atoms with Crippen LogP contribution >= 0.6 is 0 Å². The summed E-state index contributed by atoms with van der Waals surface area (Å²) in [4.78, 5) is 24.6. The lowest BCUT2D eigenvalue weighted by Crippen LogP contribution is -2.34. The number of oxazole rings is 1. The summed E-state index contributed by atoms with van der Waals surface area (Å²) < 4.78 is 6.54. The zero-order valence-corrected chi connectivity index (χ0v) is 14.4. The normalized spacial score (nSPS) is 12.4. The molecule has 0 aliphatic carbocycles. The monoisotopic (exact) mass is 338 g/mol. The van der Waals surface area contributed by atoms with Crippen LogP contribution in [0.1, 0.15) is 31.9 Å². The second-order valence-electron chi connectivity index (χ2n) is 6.58. The average molecular weight is 338 g/mol. The molecule has 0 unspecified atom stereocenters. The Hall–Kier alpha value is -2.82. The van der Waals surface area contributed by atoms with E-state index in [1.165, 1.54) is 4.57 Å². The van der Waals surface area contributed by atoms with Crippen LogP contribution in [0.15, 0.2) is 63.8 Å².